The zero-order valence-electron chi connectivity index (χ0n) is 14.7. The summed E-state index contributed by atoms with van der Waals surface area (Å²) < 4.78 is 0.928. The van der Waals surface area contributed by atoms with Crippen molar-refractivity contribution in [3.63, 3.8) is 0 Å². The van der Waals surface area contributed by atoms with Crippen LogP contribution in [0.1, 0.15) is 52.9 Å². The van der Waals surface area contributed by atoms with Crippen LogP contribution in [0.5, 0.6) is 0 Å². The van der Waals surface area contributed by atoms with Gasteiger partial charge in [0.1, 0.15) is 0 Å². The molecule has 2 rings (SSSR count). The SMILES string of the molecule is CCC(C)(C)C1CCC(NC(=O)C(=O)Nc2ccc(Br)cc2)CC1. The zero-order valence-corrected chi connectivity index (χ0v) is 16.3. The Labute approximate surface area is 152 Å². The normalized spacial score (nSPS) is 21.2. The van der Waals surface area contributed by atoms with Crippen LogP contribution in [0.2, 0.25) is 0 Å². The van der Waals surface area contributed by atoms with Crippen molar-refractivity contribution in [2.24, 2.45) is 11.3 Å². The lowest BCUT2D eigenvalue weighted by molar-refractivity contribution is -0.136. The second-order valence-electron chi connectivity index (χ2n) is 7.33. The van der Waals surface area contributed by atoms with E-state index in [0.717, 1.165) is 30.2 Å². The number of nitrogens with one attached hydrogen (secondary N) is 2. The summed E-state index contributed by atoms with van der Waals surface area (Å²) in [5, 5.41) is 5.51. The Bertz CT molecular complexity index is 576. The van der Waals surface area contributed by atoms with Crippen LogP contribution in [0, 0.1) is 11.3 Å². The van der Waals surface area contributed by atoms with Gasteiger partial charge in [0, 0.05) is 16.2 Å². The third-order valence-electron chi connectivity index (χ3n) is 5.39. The fourth-order valence-electron chi connectivity index (χ4n) is 3.28. The minimum absolute atomic E-state index is 0.108. The summed E-state index contributed by atoms with van der Waals surface area (Å²) in [6.07, 6.45) is 5.29. The van der Waals surface area contributed by atoms with Gasteiger partial charge < -0.3 is 10.6 Å². The van der Waals surface area contributed by atoms with Gasteiger partial charge in [0.2, 0.25) is 0 Å². The third-order valence-corrected chi connectivity index (χ3v) is 5.92. The highest BCUT2D eigenvalue weighted by Crippen LogP contribution is 2.40. The topological polar surface area (TPSA) is 58.2 Å². The molecule has 1 aliphatic carbocycles. The van der Waals surface area contributed by atoms with Crippen molar-refractivity contribution in [3.8, 4) is 0 Å². The highest BCUT2D eigenvalue weighted by Gasteiger charge is 2.32. The summed E-state index contributed by atoms with van der Waals surface area (Å²) in [7, 11) is 0. The van der Waals surface area contributed by atoms with Gasteiger partial charge in [0.05, 0.1) is 0 Å². The monoisotopic (exact) mass is 394 g/mol. The van der Waals surface area contributed by atoms with Crippen molar-refractivity contribution in [2.45, 2.75) is 58.9 Å². The third kappa shape index (κ3) is 5.07. The Hall–Kier alpha value is -1.36. The summed E-state index contributed by atoms with van der Waals surface area (Å²) in [4.78, 5) is 24.1. The van der Waals surface area contributed by atoms with Gasteiger partial charge in [-0.3, -0.25) is 9.59 Å². The summed E-state index contributed by atoms with van der Waals surface area (Å²) in [6.45, 7) is 6.88. The quantitative estimate of drug-likeness (QED) is 0.738. The Balaban J connectivity index is 1.80. The fourth-order valence-corrected chi connectivity index (χ4v) is 3.54. The van der Waals surface area contributed by atoms with E-state index in [1.807, 2.05) is 12.1 Å². The molecule has 1 aliphatic rings. The Morgan fingerprint density at radius 3 is 2.21 bits per heavy atom. The van der Waals surface area contributed by atoms with E-state index < -0.39 is 11.8 Å². The molecular formula is C19H27BrN2O2. The van der Waals surface area contributed by atoms with E-state index in [0.29, 0.717) is 17.0 Å². The lowest BCUT2D eigenvalue weighted by atomic mass is 9.69. The first kappa shape index (κ1) is 19.0. The van der Waals surface area contributed by atoms with E-state index in [2.05, 4.69) is 47.3 Å². The smallest absolute Gasteiger partial charge is 0.313 e. The average Bonchev–Trinajstić information content (AvgIpc) is 2.57. The van der Waals surface area contributed by atoms with Crippen molar-refractivity contribution in [1.82, 2.24) is 5.32 Å². The predicted octanol–water partition coefficient (Wildman–Crippen LogP) is 4.50. The summed E-state index contributed by atoms with van der Waals surface area (Å²) >= 11 is 3.34. The number of hydrogen-bond donors (Lipinski definition) is 2. The van der Waals surface area contributed by atoms with Crippen LogP contribution in [-0.4, -0.2) is 17.9 Å². The molecule has 0 bridgehead atoms. The average molecular weight is 395 g/mol. The van der Waals surface area contributed by atoms with E-state index in [4.69, 9.17) is 0 Å². The molecule has 2 N–H and O–H groups in total. The van der Waals surface area contributed by atoms with Gasteiger partial charge >= 0.3 is 11.8 Å². The molecule has 0 heterocycles. The first-order valence-corrected chi connectivity index (χ1v) is 9.48. The molecule has 24 heavy (non-hydrogen) atoms. The number of hydrogen-bond acceptors (Lipinski definition) is 2. The van der Waals surface area contributed by atoms with Crippen LogP contribution in [0.15, 0.2) is 28.7 Å². The van der Waals surface area contributed by atoms with Gasteiger partial charge in [-0.05, 0) is 61.3 Å². The predicted molar refractivity (Wildman–Crippen MR) is 101 cm³/mol. The number of anilines is 1. The molecule has 0 spiro atoms. The first-order valence-electron chi connectivity index (χ1n) is 8.69. The summed E-state index contributed by atoms with van der Waals surface area (Å²) in [5.41, 5.74) is 0.972. The Morgan fingerprint density at radius 2 is 1.67 bits per heavy atom. The lowest BCUT2D eigenvalue weighted by Crippen LogP contribution is -2.44. The number of halogens is 1. The molecule has 1 aromatic rings. The van der Waals surface area contributed by atoms with Gasteiger partial charge in [-0.1, -0.05) is 43.1 Å². The van der Waals surface area contributed by atoms with Gasteiger partial charge in [-0.15, -0.1) is 0 Å². The summed E-state index contributed by atoms with van der Waals surface area (Å²) in [5.74, 6) is -0.448. The number of benzene rings is 1. The van der Waals surface area contributed by atoms with Crippen LogP contribution < -0.4 is 10.6 Å². The van der Waals surface area contributed by atoms with Crippen molar-refractivity contribution < 1.29 is 9.59 Å². The molecule has 5 heteroatoms. The van der Waals surface area contributed by atoms with Crippen LogP contribution in [-0.2, 0) is 9.59 Å². The minimum Gasteiger partial charge on any atom is -0.345 e. The Morgan fingerprint density at radius 1 is 1.08 bits per heavy atom. The van der Waals surface area contributed by atoms with Crippen molar-refractivity contribution >= 4 is 33.4 Å². The summed E-state index contributed by atoms with van der Waals surface area (Å²) in [6, 6.07) is 7.27. The molecule has 0 saturated heterocycles. The van der Waals surface area contributed by atoms with E-state index >= 15 is 0 Å². The van der Waals surface area contributed by atoms with Gasteiger partial charge in [-0.2, -0.15) is 0 Å². The minimum atomic E-state index is -0.603. The number of carbonyl (C=O) groups excluding carboxylic acids is 2. The van der Waals surface area contributed by atoms with Gasteiger partial charge in [-0.25, -0.2) is 0 Å². The molecule has 0 radical (unpaired) electrons. The van der Waals surface area contributed by atoms with E-state index in [9.17, 15) is 9.59 Å². The molecule has 2 amide bonds. The van der Waals surface area contributed by atoms with E-state index in [-0.39, 0.29) is 6.04 Å². The van der Waals surface area contributed by atoms with Crippen LogP contribution in [0.4, 0.5) is 5.69 Å². The molecule has 0 unspecified atom stereocenters. The molecule has 4 nitrogen and oxygen atoms in total. The highest BCUT2D eigenvalue weighted by atomic mass is 79.9. The standard InChI is InChI=1S/C19H27BrN2O2/c1-4-19(2,3)13-5-9-15(10-6-13)21-17(23)18(24)22-16-11-7-14(20)8-12-16/h7-8,11-13,15H,4-6,9-10H2,1-3H3,(H,21,23)(H,22,24). The molecule has 1 aromatic carbocycles. The number of carbonyl (C=O) groups is 2. The largest absolute Gasteiger partial charge is 0.345 e. The maximum Gasteiger partial charge on any atom is 0.313 e. The van der Waals surface area contributed by atoms with Crippen LogP contribution in [0.3, 0.4) is 0 Å². The van der Waals surface area contributed by atoms with Crippen LogP contribution >= 0.6 is 15.9 Å². The second-order valence-corrected chi connectivity index (χ2v) is 8.24. The maximum atomic E-state index is 12.1. The molecule has 1 fully saturated rings. The molecule has 0 aromatic heterocycles. The maximum absolute atomic E-state index is 12.1. The highest BCUT2D eigenvalue weighted by molar-refractivity contribution is 9.10. The van der Waals surface area contributed by atoms with E-state index in [1.165, 1.54) is 6.42 Å². The Kier molecular flexibility index (Phi) is 6.44. The molecule has 0 atom stereocenters. The van der Waals surface area contributed by atoms with Gasteiger partial charge in [0.15, 0.2) is 0 Å². The molecule has 1 saturated carbocycles. The van der Waals surface area contributed by atoms with Gasteiger partial charge in [0.25, 0.3) is 0 Å². The molecular weight excluding hydrogens is 368 g/mol. The number of amides is 2. The molecule has 0 aliphatic heterocycles. The molecule has 132 valence electrons. The van der Waals surface area contributed by atoms with E-state index in [1.54, 1.807) is 12.1 Å². The lowest BCUT2D eigenvalue weighted by Gasteiger charge is -2.39. The van der Waals surface area contributed by atoms with Crippen molar-refractivity contribution in [3.05, 3.63) is 28.7 Å². The fraction of sp³-hybridized carbons (Fsp3) is 0.579. The second kappa shape index (κ2) is 8.15. The van der Waals surface area contributed by atoms with Crippen molar-refractivity contribution in [2.75, 3.05) is 5.32 Å². The first-order chi connectivity index (χ1) is 11.3. The van der Waals surface area contributed by atoms with Crippen molar-refractivity contribution in [1.29, 1.82) is 0 Å². The van der Waals surface area contributed by atoms with Crippen LogP contribution in [0.25, 0.3) is 0 Å². The number of rotatable bonds is 4. The zero-order chi connectivity index (χ0) is 17.7.